The van der Waals surface area contributed by atoms with E-state index in [1.165, 1.54) is 11.3 Å². The number of thiazole rings is 1. The van der Waals surface area contributed by atoms with E-state index in [1.807, 2.05) is 18.0 Å². The highest BCUT2D eigenvalue weighted by Gasteiger charge is 2.22. The van der Waals surface area contributed by atoms with Gasteiger partial charge in [0.15, 0.2) is 17.8 Å². The second kappa shape index (κ2) is 4.00. The van der Waals surface area contributed by atoms with Crippen molar-refractivity contribution in [2.45, 2.75) is 26.2 Å². The van der Waals surface area contributed by atoms with Gasteiger partial charge in [0.05, 0.1) is 12.2 Å². The molecule has 0 aromatic carbocycles. The normalized spacial score (nSPS) is 16.0. The lowest BCUT2D eigenvalue weighted by molar-refractivity contribution is 0.483. The third-order valence-electron chi connectivity index (χ3n) is 2.55. The predicted octanol–water partition coefficient (Wildman–Crippen LogP) is 3.09. The molecule has 0 atom stereocenters. The Balaban J connectivity index is 2.24. The third-order valence-corrected chi connectivity index (χ3v) is 3.44. The van der Waals surface area contributed by atoms with E-state index in [4.69, 9.17) is 4.98 Å². The van der Waals surface area contributed by atoms with E-state index in [-0.39, 0.29) is 5.41 Å². The number of rotatable bonds is 1. The molecule has 0 fully saturated rings. The first-order valence-electron chi connectivity index (χ1n) is 5.44. The summed E-state index contributed by atoms with van der Waals surface area (Å²) in [6.45, 7) is 7.49. The minimum atomic E-state index is 0.133. The molecule has 2 rings (SSSR count). The molecule has 0 unspecified atom stereocenters. The number of aromatic nitrogens is 1. The van der Waals surface area contributed by atoms with Gasteiger partial charge in [0.25, 0.3) is 0 Å². The highest BCUT2D eigenvalue weighted by atomic mass is 32.1. The van der Waals surface area contributed by atoms with Crippen molar-refractivity contribution in [1.82, 2.24) is 9.88 Å². The first kappa shape index (κ1) is 11.3. The molecule has 1 aliphatic rings. The highest BCUT2D eigenvalue weighted by Crippen LogP contribution is 2.28. The molecular weight excluding hydrogens is 216 g/mol. The Kier molecular flexibility index (Phi) is 2.83. The molecule has 3 heteroatoms. The molecule has 0 saturated carbocycles. The Morgan fingerprint density at radius 3 is 2.69 bits per heavy atom. The lowest BCUT2D eigenvalue weighted by Gasteiger charge is -2.13. The van der Waals surface area contributed by atoms with Crippen molar-refractivity contribution in [1.29, 1.82) is 0 Å². The van der Waals surface area contributed by atoms with Gasteiger partial charge in [0.1, 0.15) is 0 Å². The third kappa shape index (κ3) is 2.31. The van der Waals surface area contributed by atoms with Crippen molar-refractivity contribution in [2.24, 2.45) is 0 Å². The van der Waals surface area contributed by atoms with E-state index >= 15 is 0 Å². The largest absolute Gasteiger partial charge is 0.251 e. The summed E-state index contributed by atoms with van der Waals surface area (Å²) in [4.78, 5) is 6.72. The zero-order valence-electron chi connectivity index (χ0n) is 10.2. The van der Waals surface area contributed by atoms with E-state index in [9.17, 15) is 0 Å². The first-order chi connectivity index (χ1) is 7.47. The minimum Gasteiger partial charge on any atom is -0.251 e. The van der Waals surface area contributed by atoms with Crippen LogP contribution in [0.25, 0.3) is 5.57 Å². The fourth-order valence-electron chi connectivity index (χ4n) is 1.43. The Hall–Kier alpha value is -1.18. The molecule has 0 saturated heterocycles. The average Bonchev–Trinajstić information content (AvgIpc) is 2.67. The summed E-state index contributed by atoms with van der Waals surface area (Å²) >= 11 is 1.72. The zero-order valence-corrected chi connectivity index (χ0v) is 11.1. The molecule has 1 aromatic rings. The summed E-state index contributed by atoms with van der Waals surface area (Å²) in [5.74, 6) is 0. The predicted molar refractivity (Wildman–Crippen MR) is 69.2 cm³/mol. The van der Waals surface area contributed by atoms with Crippen LogP contribution in [0, 0.1) is 6.20 Å². The van der Waals surface area contributed by atoms with Crippen LogP contribution in [-0.4, -0.2) is 23.5 Å². The van der Waals surface area contributed by atoms with Crippen molar-refractivity contribution < 1.29 is 0 Å². The Labute approximate surface area is 101 Å². The Morgan fingerprint density at radius 1 is 1.44 bits per heavy atom. The monoisotopic (exact) mass is 233 g/mol. The van der Waals surface area contributed by atoms with Crippen molar-refractivity contribution in [3.8, 4) is 0 Å². The molecular formula is C13H17N2S+. The molecule has 0 aliphatic carbocycles. The summed E-state index contributed by atoms with van der Waals surface area (Å²) in [5.41, 5.74) is 2.49. The minimum absolute atomic E-state index is 0.133. The van der Waals surface area contributed by atoms with Crippen LogP contribution < -0.4 is 0 Å². The molecule has 1 aromatic heterocycles. The van der Waals surface area contributed by atoms with Crippen LogP contribution in [0.15, 0.2) is 17.5 Å². The molecule has 84 valence electrons. The van der Waals surface area contributed by atoms with Gasteiger partial charge >= 0.3 is 0 Å². The van der Waals surface area contributed by atoms with Crippen molar-refractivity contribution >= 4 is 16.9 Å². The lowest BCUT2D eigenvalue weighted by atomic mass is 9.93. The summed E-state index contributed by atoms with van der Waals surface area (Å²) in [6, 6.07) is 0. The van der Waals surface area contributed by atoms with Crippen LogP contribution in [0.2, 0.25) is 0 Å². The van der Waals surface area contributed by atoms with Crippen LogP contribution in [0.1, 0.15) is 31.5 Å². The van der Waals surface area contributed by atoms with Gasteiger partial charge in [-0.05, 0) is 0 Å². The van der Waals surface area contributed by atoms with E-state index in [0.29, 0.717) is 0 Å². The standard InChI is InChI=1S/C13H17N2S/c1-13(2,3)11-9-16-12(14-11)10-5-7-15(4)8-6-10/h5-6,9H,7H2,1-4H3/q+1. The van der Waals surface area contributed by atoms with Crippen LogP contribution in [0.3, 0.4) is 0 Å². The van der Waals surface area contributed by atoms with Gasteiger partial charge in [-0.3, -0.25) is 4.90 Å². The van der Waals surface area contributed by atoms with E-state index in [0.717, 1.165) is 11.6 Å². The molecule has 2 nitrogen and oxygen atoms in total. The van der Waals surface area contributed by atoms with Gasteiger partial charge in [-0.15, -0.1) is 11.3 Å². The molecule has 2 heterocycles. The zero-order chi connectivity index (χ0) is 11.8. The van der Waals surface area contributed by atoms with Crippen molar-refractivity contribution in [3.63, 3.8) is 0 Å². The maximum Gasteiger partial charge on any atom is 0.209 e. The summed E-state index contributed by atoms with van der Waals surface area (Å²) in [6.07, 6.45) is 7.39. The molecule has 0 radical (unpaired) electrons. The quantitative estimate of drug-likeness (QED) is 0.693. The smallest absolute Gasteiger partial charge is 0.209 e. The molecule has 16 heavy (non-hydrogen) atoms. The van der Waals surface area contributed by atoms with E-state index < -0.39 is 0 Å². The highest BCUT2D eigenvalue weighted by molar-refractivity contribution is 7.10. The number of hydrogen-bond donors (Lipinski definition) is 0. The maximum atomic E-state index is 4.69. The van der Waals surface area contributed by atoms with Gasteiger partial charge in [-0.25, -0.2) is 4.98 Å². The lowest BCUT2D eigenvalue weighted by Crippen LogP contribution is -2.14. The van der Waals surface area contributed by atoms with Gasteiger partial charge in [0.2, 0.25) is 5.01 Å². The maximum absolute atomic E-state index is 4.69. The summed E-state index contributed by atoms with van der Waals surface area (Å²) in [5, 5.41) is 3.26. The SMILES string of the molecule is CN1[C+]=CC(c2nc(C(C)(C)C)cs2)=CC1. The number of allylic oxidation sites excluding steroid dienone is 2. The summed E-state index contributed by atoms with van der Waals surface area (Å²) < 4.78 is 0. The Bertz CT molecular complexity index is 435. The van der Waals surface area contributed by atoms with Crippen LogP contribution in [-0.2, 0) is 5.41 Å². The molecule has 0 amide bonds. The van der Waals surface area contributed by atoms with Gasteiger partial charge < -0.3 is 0 Å². The van der Waals surface area contributed by atoms with Gasteiger partial charge in [-0.2, -0.15) is 0 Å². The number of hydrogen-bond acceptors (Lipinski definition) is 3. The number of likely N-dealkylation sites (N-methyl/N-ethyl adjacent to an activating group) is 1. The van der Waals surface area contributed by atoms with E-state index in [1.54, 1.807) is 11.3 Å². The van der Waals surface area contributed by atoms with Crippen molar-refractivity contribution in [2.75, 3.05) is 13.6 Å². The average molecular weight is 233 g/mol. The Morgan fingerprint density at radius 2 is 2.19 bits per heavy atom. The first-order valence-corrected chi connectivity index (χ1v) is 6.32. The number of nitrogens with zero attached hydrogens (tertiary/aromatic N) is 2. The van der Waals surface area contributed by atoms with Crippen LogP contribution in [0.4, 0.5) is 0 Å². The van der Waals surface area contributed by atoms with Crippen LogP contribution >= 0.6 is 11.3 Å². The van der Waals surface area contributed by atoms with Crippen LogP contribution in [0.5, 0.6) is 0 Å². The second-order valence-corrected chi connectivity index (χ2v) is 5.96. The van der Waals surface area contributed by atoms with Gasteiger partial charge in [0, 0.05) is 23.9 Å². The topological polar surface area (TPSA) is 16.1 Å². The summed E-state index contributed by atoms with van der Waals surface area (Å²) in [7, 11) is 2.02. The molecule has 0 spiro atoms. The van der Waals surface area contributed by atoms with E-state index in [2.05, 4.69) is 38.4 Å². The second-order valence-electron chi connectivity index (χ2n) is 5.10. The fraction of sp³-hybridized carbons (Fsp3) is 0.462. The molecule has 0 bridgehead atoms. The van der Waals surface area contributed by atoms with Crippen molar-refractivity contribution in [3.05, 3.63) is 34.4 Å². The molecule has 1 aliphatic heterocycles. The fourth-order valence-corrected chi connectivity index (χ4v) is 2.49. The molecule has 0 N–H and O–H groups in total. The van der Waals surface area contributed by atoms with Gasteiger partial charge in [-0.1, -0.05) is 20.8 Å².